The minimum Gasteiger partial charge on any atom is -0.209 e. The van der Waals surface area contributed by atoms with Crippen LogP contribution in [0.5, 0.6) is 0 Å². The average molecular weight is 116 g/mol. The molecule has 42 valence electrons. The van der Waals surface area contributed by atoms with Crippen LogP contribution in [0.1, 0.15) is 5.56 Å². The van der Waals surface area contributed by atoms with E-state index in [1.807, 2.05) is 0 Å². The summed E-state index contributed by atoms with van der Waals surface area (Å²) in [6, 6.07) is 6.05. The molecule has 0 atom stereocenters. The fourth-order valence-electron chi connectivity index (χ4n) is 0.484. The van der Waals surface area contributed by atoms with Gasteiger partial charge in [0, 0.05) is 0 Å². The first-order chi connectivity index (χ1) is 3.79. The molecule has 0 fully saturated rings. The maximum Gasteiger partial charge on any atom is 1.00 e. The van der Waals surface area contributed by atoms with Crippen LogP contribution in [0.4, 0.5) is 4.39 Å². The van der Waals surface area contributed by atoms with Crippen molar-refractivity contribution in [2.45, 2.75) is 0 Å². The standard InChI is InChI=1S/C7H6F.Li/c1-6-2-4-7(8)5-3-6;/h2-5H,1H2;/q-1;+1. The van der Waals surface area contributed by atoms with Crippen LogP contribution >= 0.6 is 0 Å². The van der Waals surface area contributed by atoms with Crippen molar-refractivity contribution >= 4 is 0 Å². The van der Waals surface area contributed by atoms with E-state index in [-0.39, 0.29) is 24.7 Å². The first-order valence-electron chi connectivity index (χ1n) is 2.36. The van der Waals surface area contributed by atoms with Crippen LogP contribution in [-0.4, -0.2) is 0 Å². The molecule has 2 heteroatoms. The quantitative estimate of drug-likeness (QED) is 0.301. The van der Waals surface area contributed by atoms with Crippen LogP contribution in [-0.2, 0) is 0 Å². The summed E-state index contributed by atoms with van der Waals surface area (Å²) in [4.78, 5) is 0. The second-order valence-corrected chi connectivity index (χ2v) is 1.63. The van der Waals surface area contributed by atoms with Gasteiger partial charge in [-0.2, -0.15) is 24.6 Å². The van der Waals surface area contributed by atoms with Gasteiger partial charge < -0.3 is 0 Å². The van der Waals surface area contributed by atoms with E-state index >= 15 is 0 Å². The third-order valence-corrected chi connectivity index (χ3v) is 0.913. The summed E-state index contributed by atoms with van der Waals surface area (Å²) in [6.45, 7) is 3.60. The van der Waals surface area contributed by atoms with E-state index in [0.29, 0.717) is 0 Å². The van der Waals surface area contributed by atoms with Crippen LogP contribution in [0.25, 0.3) is 0 Å². The maximum atomic E-state index is 12.1. The molecule has 0 bridgehead atoms. The summed E-state index contributed by atoms with van der Waals surface area (Å²) in [5.41, 5.74) is 0.839. The van der Waals surface area contributed by atoms with Crippen LogP contribution in [0.3, 0.4) is 0 Å². The summed E-state index contributed by atoms with van der Waals surface area (Å²) in [7, 11) is 0. The minimum atomic E-state index is -0.211. The molecule has 0 saturated heterocycles. The third-order valence-electron chi connectivity index (χ3n) is 0.913. The van der Waals surface area contributed by atoms with Gasteiger partial charge in [0.25, 0.3) is 0 Å². The molecule has 0 amide bonds. The first-order valence-corrected chi connectivity index (χ1v) is 2.36. The van der Waals surface area contributed by atoms with Gasteiger partial charge in [0.05, 0.1) is 5.82 Å². The second-order valence-electron chi connectivity index (χ2n) is 1.63. The zero-order chi connectivity index (χ0) is 5.98. The maximum absolute atomic E-state index is 12.1. The molecule has 0 N–H and O–H groups in total. The van der Waals surface area contributed by atoms with E-state index in [2.05, 4.69) is 6.92 Å². The summed E-state index contributed by atoms with van der Waals surface area (Å²) in [6.07, 6.45) is 0. The number of halogens is 1. The summed E-state index contributed by atoms with van der Waals surface area (Å²) < 4.78 is 12.1. The first kappa shape index (κ1) is 8.62. The Labute approximate surface area is 66.3 Å². The van der Waals surface area contributed by atoms with Gasteiger partial charge in [-0.25, -0.2) is 4.39 Å². The number of hydrogen-bond acceptors (Lipinski definition) is 0. The molecular weight excluding hydrogens is 110 g/mol. The van der Waals surface area contributed by atoms with Crippen molar-refractivity contribution in [3.63, 3.8) is 0 Å². The number of benzene rings is 1. The van der Waals surface area contributed by atoms with Gasteiger partial charge in [-0.15, -0.1) is 0 Å². The van der Waals surface area contributed by atoms with Crippen LogP contribution < -0.4 is 18.9 Å². The molecule has 0 aliphatic rings. The van der Waals surface area contributed by atoms with Gasteiger partial charge in [-0.1, -0.05) is 12.1 Å². The topological polar surface area (TPSA) is 0 Å². The molecule has 0 aliphatic carbocycles. The molecule has 9 heavy (non-hydrogen) atoms. The van der Waals surface area contributed by atoms with E-state index in [1.165, 1.54) is 12.1 Å². The van der Waals surface area contributed by atoms with E-state index < -0.39 is 0 Å². The van der Waals surface area contributed by atoms with Crippen molar-refractivity contribution in [1.82, 2.24) is 0 Å². The Bertz CT molecular complexity index is 148. The van der Waals surface area contributed by atoms with E-state index in [1.54, 1.807) is 12.1 Å². The molecule has 0 radical (unpaired) electrons. The van der Waals surface area contributed by atoms with Gasteiger partial charge in [-0.3, -0.25) is 0 Å². The average Bonchev–Trinajstić information content (AvgIpc) is 1.77. The zero-order valence-corrected chi connectivity index (χ0v) is 5.39. The van der Waals surface area contributed by atoms with Crippen molar-refractivity contribution in [2.75, 3.05) is 0 Å². The van der Waals surface area contributed by atoms with Gasteiger partial charge in [0.1, 0.15) is 0 Å². The summed E-state index contributed by atoms with van der Waals surface area (Å²) >= 11 is 0. The van der Waals surface area contributed by atoms with E-state index in [4.69, 9.17) is 0 Å². The number of rotatable bonds is 0. The summed E-state index contributed by atoms with van der Waals surface area (Å²) in [5.74, 6) is -0.211. The smallest absolute Gasteiger partial charge is 0.209 e. The SMILES string of the molecule is [CH2-]c1ccc(F)cc1.[Li+]. The predicted octanol–water partition coefficient (Wildman–Crippen LogP) is -0.988. The number of hydrogen-bond donors (Lipinski definition) is 0. The Morgan fingerprint density at radius 3 is 1.89 bits per heavy atom. The molecular formula is C7H6FLi. The minimum absolute atomic E-state index is 0. The molecule has 0 aromatic heterocycles. The van der Waals surface area contributed by atoms with Crippen molar-refractivity contribution < 1.29 is 23.3 Å². The molecule has 0 saturated carbocycles. The molecule has 1 aromatic rings. The van der Waals surface area contributed by atoms with Crippen molar-refractivity contribution in [2.24, 2.45) is 0 Å². The molecule has 0 nitrogen and oxygen atoms in total. The van der Waals surface area contributed by atoms with Crippen LogP contribution in [0.2, 0.25) is 0 Å². The molecule has 1 rings (SSSR count). The zero-order valence-electron chi connectivity index (χ0n) is 5.39. The Morgan fingerprint density at radius 2 is 1.56 bits per heavy atom. The van der Waals surface area contributed by atoms with Gasteiger partial charge in [0.15, 0.2) is 0 Å². The molecule has 0 spiro atoms. The third kappa shape index (κ3) is 2.60. The molecule has 0 heterocycles. The molecule has 0 unspecified atom stereocenters. The van der Waals surface area contributed by atoms with Gasteiger partial charge in [-0.05, 0) is 0 Å². The van der Waals surface area contributed by atoms with Gasteiger partial charge in [0.2, 0.25) is 0 Å². The fourth-order valence-corrected chi connectivity index (χ4v) is 0.484. The van der Waals surface area contributed by atoms with Crippen LogP contribution in [0.15, 0.2) is 24.3 Å². The monoisotopic (exact) mass is 116 g/mol. The summed E-state index contributed by atoms with van der Waals surface area (Å²) in [5, 5.41) is 0. The Kier molecular flexibility index (Phi) is 3.45. The fraction of sp³-hybridized carbons (Fsp3) is 0. The molecule has 1 aromatic carbocycles. The van der Waals surface area contributed by atoms with Crippen molar-refractivity contribution in [1.29, 1.82) is 0 Å². The predicted molar refractivity (Wildman–Crippen MR) is 30.9 cm³/mol. The van der Waals surface area contributed by atoms with E-state index in [9.17, 15) is 4.39 Å². The van der Waals surface area contributed by atoms with Gasteiger partial charge >= 0.3 is 18.9 Å². The van der Waals surface area contributed by atoms with E-state index in [0.717, 1.165) is 5.56 Å². The normalized spacial score (nSPS) is 8.11. The van der Waals surface area contributed by atoms with Crippen molar-refractivity contribution in [3.8, 4) is 0 Å². The second kappa shape index (κ2) is 3.61. The Hall–Kier alpha value is -0.383. The van der Waals surface area contributed by atoms with Crippen molar-refractivity contribution in [3.05, 3.63) is 42.6 Å². The Morgan fingerprint density at radius 1 is 1.11 bits per heavy atom. The Balaban J connectivity index is 0.000000640. The largest absolute Gasteiger partial charge is 1.00 e. The van der Waals surface area contributed by atoms with Crippen LogP contribution in [0, 0.1) is 12.7 Å². The molecule has 0 aliphatic heterocycles.